The van der Waals surface area contributed by atoms with Crippen molar-refractivity contribution in [3.05, 3.63) is 10.6 Å². The molecule has 6 heteroatoms. The van der Waals surface area contributed by atoms with E-state index in [4.69, 9.17) is 23.2 Å². The van der Waals surface area contributed by atoms with Gasteiger partial charge in [-0.2, -0.15) is 15.0 Å². The molecule has 1 saturated carbocycles. The summed E-state index contributed by atoms with van der Waals surface area (Å²) in [4.78, 5) is 11.8. The highest BCUT2D eigenvalue weighted by molar-refractivity contribution is 6.31. The molecule has 0 amide bonds. The fraction of sp³-hybridized carbons (Fsp3) is 0.727. The van der Waals surface area contributed by atoms with Gasteiger partial charge in [0.1, 0.15) is 0 Å². The molecule has 1 aliphatic rings. The van der Waals surface area contributed by atoms with Gasteiger partial charge in [-0.1, -0.05) is 13.8 Å². The molecule has 1 aliphatic carbocycles. The number of nitrogens with one attached hydrogen (secondary N) is 1. The largest absolute Gasteiger partial charge is 0.351 e. The molecule has 2 rings (SSSR count). The monoisotopic (exact) mass is 274 g/mol. The van der Waals surface area contributed by atoms with Crippen LogP contribution in [0.3, 0.4) is 0 Å². The van der Waals surface area contributed by atoms with Crippen molar-refractivity contribution in [3.8, 4) is 0 Å². The summed E-state index contributed by atoms with van der Waals surface area (Å²) in [5.41, 5.74) is 0. The Morgan fingerprint density at radius 1 is 1.00 bits per heavy atom. The summed E-state index contributed by atoms with van der Waals surface area (Å²) < 4.78 is 0. The Hall–Kier alpha value is -0.610. The van der Waals surface area contributed by atoms with Gasteiger partial charge in [-0.15, -0.1) is 0 Å². The molecule has 3 atom stereocenters. The molecular formula is C11H16Cl2N4. The van der Waals surface area contributed by atoms with Crippen LogP contribution in [0.25, 0.3) is 0 Å². The highest BCUT2D eigenvalue weighted by atomic mass is 35.5. The first-order valence-corrected chi connectivity index (χ1v) is 6.64. The Morgan fingerprint density at radius 2 is 1.65 bits per heavy atom. The fourth-order valence-electron chi connectivity index (χ4n) is 2.25. The molecule has 0 aliphatic heterocycles. The third-order valence-electron chi connectivity index (χ3n) is 3.51. The molecule has 1 fully saturated rings. The van der Waals surface area contributed by atoms with Crippen LogP contribution in [0.2, 0.25) is 10.6 Å². The highest BCUT2D eigenvalue weighted by Gasteiger charge is 2.25. The van der Waals surface area contributed by atoms with E-state index in [0.29, 0.717) is 17.9 Å². The van der Waals surface area contributed by atoms with Crippen LogP contribution in [0.15, 0.2) is 0 Å². The van der Waals surface area contributed by atoms with Crippen molar-refractivity contribution in [1.29, 1.82) is 0 Å². The Bertz CT molecular complexity index is 379. The zero-order valence-electron chi connectivity index (χ0n) is 9.95. The van der Waals surface area contributed by atoms with E-state index in [0.717, 1.165) is 18.8 Å². The molecule has 0 spiro atoms. The number of nitrogens with zero attached hydrogens (tertiary/aromatic N) is 3. The molecule has 1 heterocycles. The molecule has 3 unspecified atom stereocenters. The van der Waals surface area contributed by atoms with Gasteiger partial charge in [-0.3, -0.25) is 0 Å². The first-order valence-electron chi connectivity index (χ1n) is 5.88. The van der Waals surface area contributed by atoms with E-state index in [-0.39, 0.29) is 10.6 Å². The number of rotatable bonds is 2. The van der Waals surface area contributed by atoms with E-state index in [9.17, 15) is 0 Å². The first kappa shape index (κ1) is 12.8. The molecule has 0 saturated heterocycles. The Labute approximate surface area is 111 Å². The Morgan fingerprint density at radius 3 is 2.24 bits per heavy atom. The molecule has 1 N–H and O–H groups in total. The number of aromatic nitrogens is 3. The number of halogens is 2. The predicted octanol–water partition coefficient (Wildman–Crippen LogP) is 3.42. The maximum absolute atomic E-state index is 5.73. The van der Waals surface area contributed by atoms with Gasteiger partial charge in [0.05, 0.1) is 0 Å². The molecule has 1 aromatic heterocycles. The lowest BCUT2D eigenvalue weighted by molar-refractivity contribution is 0.260. The topological polar surface area (TPSA) is 50.7 Å². The molecule has 0 aromatic carbocycles. The van der Waals surface area contributed by atoms with Gasteiger partial charge in [-0.25, -0.2) is 0 Å². The normalized spacial score (nSPS) is 29.1. The van der Waals surface area contributed by atoms with E-state index in [1.165, 1.54) is 6.42 Å². The summed E-state index contributed by atoms with van der Waals surface area (Å²) in [5, 5.41) is 3.54. The minimum Gasteiger partial charge on any atom is -0.351 e. The zero-order valence-corrected chi connectivity index (χ0v) is 11.5. The lowest BCUT2D eigenvalue weighted by Crippen LogP contribution is -2.31. The van der Waals surface area contributed by atoms with Crippen LogP contribution < -0.4 is 5.32 Å². The lowest BCUT2D eigenvalue weighted by Gasteiger charge is -2.32. The van der Waals surface area contributed by atoms with Crippen LogP contribution in [-0.2, 0) is 0 Å². The lowest BCUT2D eigenvalue weighted by atomic mass is 9.79. The van der Waals surface area contributed by atoms with Gasteiger partial charge in [0.15, 0.2) is 0 Å². The highest BCUT2D eigenvalue weighted by Crippen LogP contribution is 2.30. The van der Waals surface area contributed by atoms with Crippen molar-refractivity contribution in [2.45, 2.75) is 39.2 Å². The summed E-state index contributed by atoms with van der Waals surface area (Å²) in [6.07, 6.45) is 3.49. The van der Waals surface area contributed by atoms with Crippen LogP contribution in [0.4, 0.5) is 5.95 Å². The predicted molar refractivity (Wildman–Crippen MR) is 69.4 cm³/mol. The van der Waals surface area contributed by atoms with Crippen molar-refractivity contribution < 1.29 is 0 Å². The first-order chi connectivity index (χ1) is 8.04. The summed E-state index contributed by atoms with van der Waals surface area (Å²) in [6, 6.07) is 0.399. The second-order valence-electron chi connectivity index (χ2n) is 4.81. The van der Waals surface area contributed by atoms with Crippen molar-refractivity contribution in [1.82, 2.24) is 15.0 Å². The SMILES string of the molecule is CC1CCC(Nc2nc(Cl)nc(Cl)n2)CC1C. The second kappa shape index (κ2) is 5.36. The van der Waals surface area contributed by atoms with Crippen molar-refractivity contribution >= 4 is 29.2 Å². The maximum atomic E-state index is 5.73. The van der Waals surface area contributed by atoms with Crippen LogP contribution in [-0.4, -0.2) is 21.0 Å². The van der Waals surface area contributed by atoms with Crippen LogP contribution >= 0.6 is 23.2 Å². The third kappa shape index (κ3) is 3.42. The fourth-order valence-corrected chi connectivity index (χ4v) is 2.62. The van der Waals surface area contributed by atoms with Gasteiger partial charge in [0.2, 0.25) is 16.5 Å². The standard InChI is InChI=1S/C11H16Cl2N4/c1-6-3-4-8(5-7(6)2)14-11-16-9(12)15-10(13)17-11/h6-8H,3-5H2,1-2H3,(H,14,15,16,17). The van der Waals surface area contributed by atoms with E-state index < -0.39 is 0 Å². The second-order valence-corrected chi connectivity index (χ2v) is 5.48. The number of hydrogen-bond acceptors (Lipinski definition) is 4. The molecule has 0 radical (unpaired) electrons. The minimum absolute atomic E-state index is 0.129. The average Bonchev–Trinajstić information content (AvgIpc) is 2.22. The molecule has 94 valence electrons. The van der Waals surface area contributed by atoms with Gasteiger partial charge < -0.3 is 5.32 Å². The van der Waals surface area contributed by atoms with Crippen molar-refractivity contribution in [2.75, 3.05) is 5.32 Å². The van der Waals surface area contributed by atoms with Gasteiger partial charge in [0.25, 0.3) is 0 Å². The molecule has 1 aromatic rings. The Balaban J connectivity index is 2.01. The number of anilines is 1. The maximum Gasteiger partial charge on any atom is 0.228 e. The van der Waals surface area contributed by atoms with Crippen molar-refractivity contribution in [3.63, 3.8) is 0 Å². The zero-order chi connectivity index (χ0) is 12.4. The van der Waals surface area contributed by atoms with Crippen LogP contribution in [0.5, 0.6) is 0 Å². The molecule has 17 heavy (non-hydrogen) atoms. The van der Waals surface area contributed by atoms with Crippen molar-refractivity contribution in [2.24, 2.45) is 11.8 Å². The van der Waals surface area contributed by atoms with E-state index in [1.807, 2.05) is 0 Å². The quantitative estimate of drug-likeness (QED) is 0.898. The third-order valence-corrected chi connectivity index (χ3v) is 3.85. The minimum atomic E-state index is 0.129. The van der Waals surface area contributed by atoms with Gasteiger partial charge >= 0.3 is 0 Å². The van der Waals surface area contributed by atoms with Crippen LogP contribution in [0, 0.1) is 11.8 Å². The molecule has 0 bridgehead atoms. The Kier molecular flexibility index (Phi) is 4.05. The summed E-state index contributed by atoms with van der Waals surface area (Å²) in [7, 11) is 0. The summed E-state index contributed by atoms with van der Waals surface area (Å²) >= 11 is 11.5. The van der Waals surface area contributed by atoms with Gasteiger partial charge in [0, 0.05) is 6.04 Å². The van der Waals surface area contributed by atoms with E-state index >= 15 is 0 Å². The molecular weight excluding hydrogens is 259 g/mol. The van der Waals surface area contributed by atoms with E-state index in [1.54, 1.807) is 0 Å². The average molecular weight is 275 g/mol. The summed E-state index contributed by atoms with van der Waals surface area (Å²) in [5.74, 6) is 1.98. The van der Waals surface area contributed by atoms with Gasteiger partial charge in [-0.05, 0) is 54.3 Å². The van der Waals surface area contributed by atoms with E-state index in [2.05, 4.69) is 34.1 Å². The number of hydrogen-bond donors (Lipinski definition) is 1. The summed E-state index contributed by atoms with van der Waals surface area (Å²) in [6.45, 7) is 4.59. The van der Waals surface area contributed by atoms with Crippen LogP contribution in [0.1, 0.15) is 33.1 Å². The molecule has 4 nitrogen and oxygen atoms in total. The smallest absolute Gasteiger partial charge is 0.228 e.